The average molecular weight is 268 g/mol. The van der Waals surface area contributed by atoms with Gasteiger partial charge in [0.15, 0.2) is 0 Å². The Morgan fingerprint density at radius 2 is 2.05 bits per heavy atom. The summed E-state index contributed by atoms with van der Waals surface area (Å²) in [4.78, 5) is 15.5. The summed E-state index contributed by atoms with van der Waals surface area (Å²) < 4.78 is 0. The molecule has 1 aliphatic heterocycles. The van der Waals surface area contributed by atoms with Crippen molar-refractivity contribution in [2.24, 2.45) is 0 Å². The summed E-state index contributed by atoms with van der Waals surface area (Å²) in [6, 6.07) is 6.37. The second kappa shape index (κ2) is 5.57. The summed E-state index contributed by atoms with van der Waals surface area (Å²) >= 11 is 0. The number of anilines is 1. The maximum absolute atomic E-state index is 4.59. The van der Waals surface area contributed by atoms with Crippen LogP contribution in [0.2, 0.25) is 0 Å². The van der Waals surface area contributed by atoms with E-state index in [0.717, 1.165) is 24.6 Å². The molecule has 0 N–H and O–H groups in total. The van der Waals surface area contributed by atoms with E-state index in [1.165, 1.54) is 24.1 Å². The predicted molar refractivity (Wildman–Crippen MR) is 79.9 cm³/mol. The van der Waals surface area contributed by atoms with Gasteiger partial charge in [0.2, 0.25) is 0 Å². The largest absolute Gasteiger partial charge is 0.356 e. The Hall–Kier alpha value is -1.97. The fraction of sp³-hybridized carbons (Fsp3) is 0.438. The molecule has 1 fully saturated rings. The molecule has 20 heavy (non-hydrogen) atoms. The Morgan fingerprint density at radius 3 is 2.80 bits per heavy atom. The van der Waals surface area contributed by atoms with E-state index in [0.29, 0.717) is 5.92 Å². The van der Waals surface area contributed by atoms with E-state index in [9.17, 15) is 0 Å². The fourth-order valence-corrected chi connectivity index (χ4v) is 2.76. The van der Waals surface area contributed by atoms with Crippen molar-refractivity contribution in [1.82, 2.24) is 15.0 Å². The Bertz CT molecular complexity index is 579. The van der Waals surface area contributed by atoms with E-state index in [-0.39, 0.29) is 0 Å². The molecular weight excluding hydrogens is 248 g/mol. The fourth-order valence-electron chi connectivity index (χ4n) is 2.76. The molecule has 1 atom stereocenters. The van der Waals surface area contributed by atoms with Gasteiger partial charge in [-0.3, -0.25) is 4.98 Å². The number of pyridine rings is 1. The summed E-state index contributed by atoms with van der Waals surface area (Å²) in [5, 5.41) is 0. The minimum atomic E-state index is 0.500. The van der Waals surface area contributed by atoms with Crippen molar-refractivity contribution in [2.45, 2.75) is 32.6 Å². The number of aryl methyl sites for hydroxylation is 2. The lowest BCUT2D eigenvalue weighted by Crippen LogP contribution is -2.35. The van der Waals surface area contributed by atoms with E-state index in [1.54, 1.807) is 6.33 Å². The maximum atomic E-state index is 4.59. The van der Waals surface area contributed by atoms with Crippen molar-refractivity contribution < 1.29 is 0 Å². The Morgan fingerprint density at radius 1 is 1.15 bits per heavy atom. The van der Waals surface area contributed by atoms with E-state index < -0.39 is 0 Å². The van der Waals surface area contributed by atoms with Gasteiger partial charge in [0.05, 0.1) is 0 Å². The molecule has 0 aromatic carbocycles. The van der Waals surface area contributed by atoms with Gasteiger partial charge in [-0.05, 0) is 38.3 Å². The SMILES string of the molecule is Cc1ccc([C@@H]2CCCN(c3cc(C)ncn3)C2)nc1. The molecule has 104 valence electrons. The van der Waals surface area contributed by atoms with Gasteiger partial charge in [-0.25, -0.2) is 9.97 Å². The predicted octanol–water partition coefficient (Wildman–Crippen LogP) is 2.87. The molecule has 0 bridgehead atoms. The van der Waals surface area contributed by atoms with Gasteiger partial charge in [0.1, 0.15) is 12.1 Å². The highest BCUT2D eigenvalue weighted by Crippen LogP contribution is 2.28. The molecule has 0 amide bonds. The van der Waals surface area contributed by atoms with Crippen LogP contribution in [0.15, 0.2) is 30.7 Å². The number of hydrogen-bond acceptors (Lipinski definition) is 4. The van der Waals surface area contributed by atoms with Gasteiger partial charge in [-0.15, -0.1) is 0 Å². The topological polar surface area (TPSA) is 41.9 Å². The van der Waals surface area contributed by atoms with Gasteiger partial charge >= 0.3 is 0 Å². The third kappa shape index (κ3) is 2.79. The van der Waals surface area contributed by atoms with Gasteiger partial charge in [0.25, 0.3) is 0 Å². The van der Waals surface area contributed by atoms with Crippen LogP contribution < -0.4 is 4.90 Å². The van der Waals surface area contributed by atoms with Gasteiger partial charge in [-0.2, -0.15) is 0 Å². The van der Waals surface area contributed by atoms with Gasteiger partial charge < -0.3 is 4.90 Å². The van der Waals surface area contributed by atoms with E-state index in [1.807, 2.05) is 13.1 Å². The van der Waals surface area contributed by atoms with Crippen molar-refractivity contribution in [3.05, 3.63) is 47.7 Å². The van der Waals surface area contributed by atoms with E-state index in [4.69, 9.17) is 0 Å². The van der Waals surface area contributed by atoms with Crippen LogP contribution in [0.5, 0.6) is 0 Å². The van der Waals surface area contributed by atoms with Crippen LogP contribution in [0.4, 0.5) is 5.82 Å². The highest BCUT2D eigenvalue weighted by molar-refractivity contribution is 5.40. The molecule has 1 aliphatic rings. The number of hydrogen-bond donors (Lipinski definition) is 0. The van der Waals surface area contributed by atoms with Gasteiger partial charge in [-0.1, -0.05) is 6.07 Å². The molecule has 0 unspecified atom stereocenters. The Labute approximate surface area is 119 Å². The zero-order valence-corrected chi connectivity index (χ0v) is 12.1. The number of aromatic nitrogens is 3. The minimum absolute atomic E-state index is 0.500. The molecule has 2 aromatic heterocycles. The highest BCUT2D eigenvalue weighted by atomic mass is 15.2. The van der Waals surface area contributed by atoms with Crippen molar-refractivity contribution in [2.75, 3.05) is 18.0 Å². The van der Waals surface area contributed by atoms with Crippen LogP contribution in [-0.4, -0.2) is 28.0 Å². The summed E-state index contributed by atoms with van der Waals surface area (Å²) in [6.07, 6.45) is 6.00. The first-order valence-corrected chi connectivity index (χ1v) is 7.18. The molecule has 1 saturated heterocycles. The lowest BCUT2D eigenvalue weighted by atomic mass is 9.94. The molecule has 4 nitrogen and oxygen atoms in total. The number of piperidine rings is 1. The number of rotatable bonds is 2. The molecule has 4 heteroatoms. The van der Waals surface area contributed by atoms with E-state index in [2.05, 4.69) is 45.0 Å². The third-order valence-electron chi connectivity index (χ3n) is 3.89. The molecule has 0 spiro atoms. The van der Waals surface area contributed by atoms with E-state index >= 15 is 0 Å². The van der Waals surface area contributed by atoms with Crippen LogP contribution in [0.3, 0.4) is 0 Å². The Kier molecular flexibility index (Phi) is 3.63. The lowest BCUT2D eigenvalue weighted by Gasteiger charge is -2.33. The van der Waals surface area contributed by atoms with Crippen molar-refractivity contribution >= 4 is 5.82 Å². The first-order chi connectivity index (χ1) is 9.72. The van der Waals surface area contributed by atoms with Crippen molar-refractivity contribution in [3.63, 3.8) is 0 Å². The summed E-state index contributed by atoms with van der Waals surface area (Å²) in [5.41, 5.74) is 3.43. The van der Waals surface area contributed by atoms with Gasteiger partial charge in [0, 0.05) is 42.7 Å². The smallest absolute Gasteiger partial charge is 0.132 e. The zero-order chi connectivity index (χ0) is 13.9. The second-order valence-corrected chi connectivity index (χ2v) is 5.56. The summed E-state index contributed by atoms with van der Waals surface area (Å²) in [6.45, 7) is 6.15. The van der Waals surface area contributed by atoms with Crippen molar-refractivity contribution in [3.8, 4) is 0 Å². The van der Waals surface area contributed by atoms with Crippen LogP contribution in [-0.2, 0) is 0 Å². The third-order valence-corrected chi connectivity index (χ3v) is 3.89. The monoisotopic (exact) mass is 268 g/mol. The zero-order valence-electron chi connectivity index (χ0n) is 12.1. The first-order valence-electron chi connectivity index (χ1n) is 7.18. The molecule has 3 heterocycles. The highest BCUT2D eigenvalue weighted by Gasteiger charge is 2.23. The molecule has 0 radical (unpaired) electrons. The van der Waals surface area contributed by atoms with Crippen LogP contribution in [0, 0.1) is 13.8 Å². The lowest BCUT2D eigenvalue weighted by molar-refractivity contribution is 0.498. The second-order valence-electron chi connectivity index (χ2n) is 5.56. The summed E-state index contributed by atoms with van der Waals surface area (Å²) in [5.74, 6) is 1.54. The van der Waals surface area contributed by atoms with Crippen LogP contribution in [0.25, 0.3) is 0 Å². The van der Waals surface area contributed by atoms with Crippen molar-refractivity contribution in [1.29, 1.82) is 0 Å². The number of nitrogens with zero attached hydrogens (tertiary/aromatic N) is 4. The first kappa shape index (κ1) is 13.0. The molecule has 0 saturated carbocycles. The molecule has 3 rings (SSSR count). The standard InChI is InChI=1S/C16H20N4/c1-12-5-6-15(17-9-12)14-4-3-7-20(10-14)16-8-13(2)18-11-19-16/h5-6,8-9,11,14H,3-4,7,10H2,1-2H3/t14-/m1/s1. The van der Waals surface area contributed by atoms with Crippen LogP contribution >= 0.6 is 0 Å². The molecule has 2 aromatic rings. The van der Waals surface area contributed by atoms with Crippen LogP contribution in [0.1, 0.15) is 35.7 Å². The minimum Gasteiger partial charge on any atom is -0.356 e. The normalized spacial score (nSPS) is 19.1. The Balaban J connectivity index is 1.78. The average Bonchev–Trinajstić information content (AvgIpc) is 2.48. The molecule has 0 aliphatic carbocycles. The summed E-state index contributed by atoms with van der Waals surface area (Å²) in [7, 11) is 0. The maximum Gasteiger partial charge on any atom is 0.132 e. The molecular formula is C16H20N4. The quantitative estimate of drug-likeness (QED) is 0.840.